The Labute approximate surface area is 218 Å². The number of furan rings is 1. The van der Waals surface area contributed by atoms with E-state index in [4.69, 9.17) is 18.6 Å². The number of hydrogen-bond acceptors (Lipinski definition) is 11. The lowest BCUT2D eigenvalue weighted by atomic mass is 9.45. The number of cyclic esters (lactones) is 1. The summed E-state index contributed by atoms with van der Waals surface area (Å²) in [5.41, 5.74) is -9.42. The molecule has 6 aliphatic rings. The number of ether oxygens (including phenoxy) is 3. The average molecular weight is 533 g/mol. The van der Waals surface area contributed by atoms with E-state index in [9.17, 15) is 34.8 Å². The van der Waals surface area contributed by atoms with Crippen molar-refractivity contribution < 1.29 is 53.4 Å². The Morgan fingerprint density at radius 2 is 1.89 bits per heavy atom. The molecular formula is C27H32O11. The van der Waals surface area contributed by atoms with Crippen molar-refractivity contribution in [2.75, 3.05) is 7.11 Å². The van der Waals surface area contributed by atoms with Gasteiger partial charge in [0.15, 0.2) is 11.9 Å². The molecule has 11 nitrogen and oxygen atoms in total. The number of hydrogen-bond donors (Lipinski definition) is 4. The second-order valence-electron chi connectivity index (χ2n) is 13.1. The molecule has 4 aliphatic carbocycles. The Morgan fingerprint density at radius 1 is 1.18 bits per heavy atom. The molecule has 0 aromatic carbocycles. The summed E-state index contributed by atoms with van der Waals surface area (Å²) in [5.74, 6) is -8.75. The van der Waals surface area contributed by atoms with E-state index in [0.29, 0.717) is 12.0 Å². The number of aliphatic hydroxyl groups excluding tert-OH is 1. The molecule has 6 fully saturated rings. The van der Waals surface area contributed by atoms with Crippen LogP contribution in [0.15, 0.2) is 23.0 Å². The monoisotopic (exact) mass is 532 g/mol. The maximum atomic E-state index is 14.3. The summed E-state index contributed by atoms with van der Waals surface area (Å²) in [7, 11) is 1.11. The van der Waals surface area contributed by atoms with E-state index in [0.717, 1.165) is 7.11 Å². The molecular weight excluding hydrogens is 500 g/mol. The summed E-state index contributed by atoms with van der Waals surface area (Å²) in [6.07, 6.45) is 0.0892. The summed E-state index contributed by atoms with van der Waals surface area (Å²) in [5, 5.41) is 49.0. The number of esters is 2. The molecule has 0 radical (unpaired) electrons. The van der Waals surface area contributed by atoms with Crippen LogP contribution in [0.25, 0.3) is 0 Å². The van der Waals surface area contributed by atoms with E-state index in [1.54, 1.807) is 19.9 Å². The van der Waals surface area contributed by atoms with Gasteiger partial charge in [-0.25, -0.2) is 4.79 Å². The Morgan fingerprint density at radius 3 is 2.53 bits per heavy atom. The van der Waals surface area contributed by atoms with Gasteiger partial charge in [-0.3, -0.25) is 9.59 Å². The number of rotatable bonds is 3. The Kier molecular flexibility index (Phi) is 4.24. The van der Waals surface area contributed by atoms with Crippen LogP contribution in [-0.2, 0) is 28.6 Å². The van der Waals surface area contributed by atoms with Crippen molar-refractivity contribution in [1.82, 2.24) is 0 Å². The Bertz CT molecular complexity index is 1290. The summed E-state index contributed by atoms with van der Waals surface area (Å²) in [4.78, 5) is 40.2. The van der Waals surface area contributed by atoms with Crippen molar-refractivity contribution in [3.63, 3.8) is 0 Å². The normalized spacial score (nSPS) is 56.4. The molecule has 7 rings (SSSR count). The van der Waals surface area contributed by atoms with Gasteiger partial charge in [0.05, 0.1) is 37.6 Å². The predicted molar refractivity (Wildman–Crippen MR) is 122 cm³/mol. The van der Waals surface area contributed by atoms with E-state index < -0.39 is 92.9 Å². The molecule has 206 valence electrons. The van der Waals surface area contributed by atoms with E-state index in [1.165, 1.54) is 19.5 Å². The van der Waals surface area contributed by atoms with Crippen LogP contribution in [0.3, 0.4) is 0 Å². The Balaban J connectivity index is 1.52. The zero-order valence-electron chi connectivity index (χ0n) is 21.6. The van der Waals surface area contributed by atoms with Crippen LogP contribution in [0, 0.1) is 34.0 Å². The fourth-order valence-electron chi connectivity index (χ4n) is 10.9. The fourth-order valence-corrected chi connectivity index (χ4v) is 10.9. The van der Waals surface area contributed by atoms with Gasteiger partial charge in [0.1, 0.15) is 17.3 Å². The van der Waals surface area contributed by atoms with Gasteiger partial charge in [0.25, 0.3) is 0 Å². The van der Waals surface area contributed by atoms with Crippen LogP contribution >= 0.6 is 0 Å². The first-order valence-corrected chi connectivity index (χ1v) is 13.0. The smallest absolute Gasteiger partial charge is 0.335 e. The van der Waals surface area contributed by atoms with Gasteiger partial charge in [-0.05, 0) is 31.2 Å². The highest BCUT2D eigenvalue weighted by atomic mass is 16.7. The minimum Gasteiger partial charge on any atom is -0.472 e. The number of aliphatic hydroxyl groups is 4. The number of methoxy groups -OCH3 is 1. The summed E-state index contributed by atoms with van der Waals surface area (Å²) in [6, 6.07) is 1.65. The van der Waals surface area contributed by atoms with Gasteiger partial charge in [0, 0.05) is 27.7 Å². The number of Topliss-reactive ketones (excluding diaryl/α,β-unsaturated/α-hetero) is 1. The largest absolute Gasteiger partial charge is 0.472 e. The van der Waals surface area contributed by atoms with Crippen molar-refractivity contribution >= 4 is 17.7 Å². The van der Waals surface area contributed by atoms with Crippen LogP contribution in [0.5, 0.6) is 0 Å². The van der Waals surface area contributed by atoms with Crippen molar-refractivity contribution in [1.29, 1.82) is 0 Å². The summed E-state index contributed by atoms with van der Waals surface area (Å²) < 4.78 is 22.3. The van der Waals surface area contributed by atoms with E-state index in [-0.39, 0.29) is 12.8 Å². The van der Waals surface area contributed by atoms with Crippen LogP contribution in [-0.4, -0.2) is 74.0 Å². The maximum absolute atomic E-state index is 14.3. The summed E-state index contributed by atoms with van der Waals surface area (Å²) in [6.45, 7) is 4.97. The van der Waals surface area contributed by atoms with E-state index >= 15 is 0 Å². The summed E-state index contributed by atoms with van der Waals surface area (Å²) >= 11 is 0. The molecule has 0 amide bonds. The molecule has 2 saturated heterocycles. The zero-order chi connectivity index (χ0) is 27.5. The molecule has 4 N–H and O–H groups in total. The molecule has 2 aliphatic heterocycles. The van der Waals surface area contributed by atoms with Crippen LogP contribution in [0.2, 0.25) is 0 Å². The fraction of sp³-hybridized carbons (Fsp3) is 0.741. The second-order valence-corrected chi connectivity index (χ2v) is 13.1. The van der Waals surface area contributed by atoms with Gasteiger partial charge >= 0.3 is 11.9 Å². The van der Waals surface area contributed by atoms with Gasteiger partial charge < -0.3 is 39.1 Å². The van der Waals surface area contributed by atoms with Crippen LogP contribution in [0.4, 0.5) is 0 Å². The van der Waals surface area contributed by atoms with Crippen LogP contribution in [0.1, 0.15) is 58.1 Å². The molecule has 1 aromatic rings. The van der Waals surface area contributed by atoms with Crippen molar-refractivity contribution in [2.45, 2.75) is 81.3 Å². The number of carbonyl (C=O) groups excluding carboxylic acids is 3. The highest BCUT2D eigenvalue weighted by Crippen LogP contribution is 2.86. The second kappa shape index (κ2) is 6.52. The number of ketones is 1. The highest BCUT2D eigenvalue weighted by molar-refractivity contribution is 5.96. The third kappa shape index (κ3) is 2.04. The molecule has 38 heavy (non-hydrogen) atoms. The third-order valence-corrected chi connectivity index (χ3v) is 12.0. The molecule has 11 heteroatoms. The maximum Gasteiger partial charge on any atom is 0.335 e. The SMILES string of the molecule is COC(=O)C(O)C1[C@@]2(C)C3CC[C@@]4(C)C(c5ccoc5)OC(=O)C[C@@]45O[C@@]4(O)C(=O)[C@]1(C)C[C@]2(O)C4[C@@]35O. The zero-order valence-corrected chi connectivity index (χ0v) is 21.6. The van der Waals surface area contributed by atoms with Gasteiger partial charge in [-0.1, -0.05) is 20.8 Å². The van der Waals surface area contributed by atoms with Crippen molar-refractivity contribution in [3.8, 4) is 0 Å². The lowest BCUT2D eigenvalue weighted by Crippen LogP contribution is -2.72. The van der Waals surface area contributed by atoms with Gasteiger partial charge in [0.2, 0.25) is 5.79 Å². The molecule has 12 atom stereocenters. The number of fused-ring (bicyclic) bond motifs is 2. The molecule has 4 saturated carbocycles. The van der Waals surface area contributed by atoms with Gasteiger partial charge in [-0.2, -0.15) is 0 Å². The van der Waals surface area contributed by atoms with Crippen molar-refractivity contribution in [2.24, 2.45) is 34.0 Å². The molecule has 2 bridgehead atoms. The Hall–Kier alpha value is -2.31. The highest BCUT2D eigenvalue weighted by Gasteiger charge is 2.99. The van der Waals surface area contributed by atoms with E-state index in [2.05, 4.69) is 0 Å². The standard InChI is InChI=1S/C27H32O11/c1-21-11-24(32)19-26(33)13(23(24,3)16(21)15(29)18(30)35-4)5-7-22(2)17(12-6-8-36-10-12)37-14(28)9-25(22,26)38-27(19,34)20(21)31/h6,8,10,13,15-17,19,29,32-34H,5,7,9,11H2,1-4H3/t13?,15?,16?,17?,19?,21-,22+,23-,24+,25-,26+,27-/m1/s1. The van der Waals surface area contributed by atoms with Crippen LogP contribution < -0.4 is 0 Å². The van der Waals surface area contributed by atoms with Gasteiger partial charge in [-0.15, -0.1) is 0 Å². The minimum atomic E-state index is -2.68. The molecule has 5 unspecified atom stereocenters. The first-order chi connectivity index (χ1) is 17.6. The van der Waals surface area contributed by atoms with Crippen molar-refractivity contribution in [3.05, 3.63) is 24.2 Å². The lowest BCUT2D eigenvalue weighted by molar-refractivity contribution is -0.324. The molecule has 1 spiro atoms. The predicted octanol–water partition coefficient (Wildman–Crippen LogP) is 0.383. The topological polar surface area (TPSA) is 173 Å². The quantitative estimate of drug-likeness (QED) is 0.397. The number of carbonyl (C=O) groups is 3. The average Bonchev–Trinajstić information content (AvgIpc) is 3.51. The minimum absolute atomic E-state index is 0.203. The first kappa shape index (κ1) is 24.7. The molecule has 1 aromatic heterocycles. The molecule has 3 heterocycles. The lowest BCUT2D eigenvalue weighted by Gasteiger charge is -2.63. The van der Waals surface area contributed by atoms with E-state index in [1.807, 2.05) is 0 Å². The third-order valence-electron chi connectivity index (χ3n) is 12.0. The first-order valence-electron chi connectivity index (χ1n) is 13.0.